The number of nitrogens with one attached hydrogen (secondary N) is 3. The minimum absolute atomic E-state index is 0.391. The van der Waals surface area contributed by atoms with Crippen LogP contribution in [0.3, 0.4) is 0 Å². The zero-order valence-corrected chi connectivity index (χ0v) is 13.0. The number of carboxylic acids is 1. The highest BCUT2D eigenvalue weighted by atomic mass is 32.2. The van der Waals surface area contributed by atoms with Gasteiger partial charge in [0, 0.05) is 12.2 Å². The van der Waals surface area contributed by atoms with E-state index >= 15 is 0 Å². The van der Waals surface area contributed by atoms with Crippen molar-refractivity contribution in [2.75, 3.05) is 24.4 Å². The topological polar surface area (TPSA) is 90.5 Å². The molecule has 2 amide bonds. The fourth-order valence-corrected chi connectivity index (χ4v) is 2.27. The maximum Gasteiger partial charge on any atom is 0.326 e. The summed E-state index contributed by atoms with van der Waals surface area (Å²) >= 11 is 1.54. The van der Waals surface area contributed by atoms with E-state index in [1.807, 2.05) is 31.5 Å². The van der Waals surface area contributed by atoms with E-state index in [0.717, 1.165) is 5.56 Å². The molecule has 0 aliphatic heterocycles. The van der Waals surface area contributed by atoms with E-state index in [1.54, 1.807) is 17.8 Å². The van der Waals surface area contributed by atoms with E-state index in [4.69, 9.17) is 5.11 Å². The molecule has 7 heteroatoms. The SMILES string of the molecule is CNCc1ccccc1NC(=O)NC(CCSC)C(=O)O. The van der Waals surface area contributed by atoms with Gasteiger partial charge in [-0.3, -0.25) is 0 Å². The molecule has 1 aromatic carbocycles. The van der Waals surface area contributed by atoms with Gasteiger partial charge < -0.3 is 21.1 Å². The van der Waals surface area contributed by atoms with Gasteiger partial charge in [0.2, 0.25) is 0 Å². The Bertz CT molecular complexity index is 482. The molecule has 0 heterocycles. The highest BCUT2D eigenvalue weighted by Gasteiger charge is 2.19. The van der Waals surface area contributed by atoms with Gasteiger partial charge in [-0.05, 0) is 37.1 Å². The third-order valence-electron chi connectivity index (χ3n) is 2.85. The van der Waals surface area contributed by atoms with Gasteiger partial charge in [-0.1, -0.05) is 18.2 Å². The summed E-state index contributed by atoms with van der Waals surface area (Å²) in [6, 6.07) is 5.99. The number of urea groups is 1. The first-order valence-electron chi connectivity index (χ1n) is 6.60. The summed E-state index contributed by atoms with van der Waals surface area (Å²) < 4.78 is 0. The average Bonchev–Trinajstić information content (AvgIpc) is 2.45. The normalized spacial score (nSPS) is 11.7. The van der Waals surface area contributed by atoms with Crippen LogP contribution >= 0.6 is 11.8 Å². The molecule has 116 valence electrons. The van der Waals surface area contributed by atoms with Crippen molar-refractivity contribution in [2.24, 2.45) is 0 Å². The van der Waals surface area contributed by atoms with Crippen LogP contribution in [-0.2, 0) is 11.3 Å². The van der Waals surface area contributed by atoms with Crippen molar-refractivity contribution in [3.8, 4) is 0 Å². The molecule has 0 aliphatic carbocycles. The molecule has 0 spiro atoms. The van der Waals surface area contributed by atoms with Gasteiger partial charge in [-0.25, -0.2) is 9.59 Å². The standard InChI is InChI=1S/C14H21N3O3S/c1-15-9-10-5-3-4-6-11(10)16-14(20)17-12(13(18)19)7-8-21-2/h3-6,12,15H,7-9H2,1-2H3,(H,18,19)(H2,16,17,20). The first kappa shape index (κ1) is 17.3. The zero-order valence-electron chi connectivity index (χ0n) is 12.2. The second-order valence-corrected chi connectivity index (χ2v) is 5.44. The van der Waals surface area contributed by atoms with Gasteiger partial charge >= 0.3 is 12.0 Å². The molecule has 21 heavy (non-hydrogen) atoms. The summed E-state index contributed by atoms with van der Waals surface area (Å²) in [7, 11) is 1.82. The van der Waals surface area contributed by atoms with Crippen molar-refractivity contribution in [2.45, 2.75) is 19.0 Å². The number of hydrogen-bond donors (Lipinski definition) is 4. The van der Waals surface area contributed by atoms with Crippen LogP contribution in [0.1, 0.15) is 12.0 Å². The van der Waals surface area contributed by atoms with Crippen LogP contribution in [-0.4, -0.2) is 42.2 Å². The number of rotatable bonds is 8. The van der Waals surface area contributed by atoms with Crippen LogP contribution in [0.2, 0.25) is 0 Å². The van der Waals surface area contributed by atoms with Crippen molar-refractivity contribution in [3.05, 3.63) is 29.8 Å². The van der Waals surface area contributed by atoms with Crippen molar-refractivity contribution >= 4 is 29.4 Å². The molecule has 6 nitrogen and oxygen atoms in total. The number of amides is 2. The van der Waals surface area contributed by atoms with Gasteiger partial charge in [0.05, 0.1) is 0 Å². The van der Waals surface area contributed by atoms with E-state index in [1.165, 1.54) is 0 Å². The fraction of sp³-hybridized carbons (Fsp3) is 0.429. The molecular weight excluding hydrogens is 290 g/mol. The number of hydrogen-bond acceptors (Lipinski definition) is 4. The minimum Gasteiger partial charge on any atom is -0.480 e. The molecule has 0 bridgehead atoms. The number of benzene rings is 1. The Labute approximate surface area is 128 Å². The molecule has 0 saturated heterocycles. The Morgan fingerprint density at radius 3 is 2.67 bits per heavy atom. The lowest BCUT2D eigenvalue weighted by Crippen LogP contribution is -2.43. The Hall–Kier alpha value is -1.73. The lowest BCUT2D eigenvalue weighted by molar-refractivity contribution is -0.139. The quantitative estimate of drug-likeness (QED) is 0.587. The first-order chi connectivity index (χ1) is 10.1. The second kappa shape index (κ2) is 9.25. The zero-order chi connectivity index (χ0) is 15.7. The number of carbonyl (C=O) groups excluding carboxylic acids is 1. The summed E-state index contributed by atoms with van der Waals surface area (Å²) in [4.78, 5) is 23.0. The number of thioether (sulfide) groups is 1. The second-order valence-electron chi connectivity index (χ2n) is 4.46. The summed E-state index contributed by atoms with van der Waals surface area (Å²) in [5.74, 6) is -0.351. The highest BCUT2D eigenvalue weighted by molar-refractivity contribution is 7.98. The molecule has 4 N–H and O–H groups in total. The lowest BCUT2D eigenvalue weighted by Gasteiger charge is -2.16. The molecule has 1 rings (SSSR count). The largest absolute Gasteiger partial charge is 0.480 e. The van der Waals surface area contributed by atoms with Gasteiger partial charge in [0.1, 0.15) is 6.04 Å². The fourth-order valence-electron chi connectivity index (χ4n) is 1.80. The van der Waals surface area contributed by atoms with Crippen molar-refractivity contribution in [1.82, 2.24) is 10.6 Å². The predicted molar refractivity (Wildman–Crippen MR) is 85.8 cm³/mol. The van der Waals surface area contributed by atoms with Crippen LogP contribution in [0.15, 0.2) is 24.3 Å². The van der Waals surface area contributed by atoms with Crippen molar-refractivity contribution < 1.29 is 14.7 Å². The Kier molecular flexibility index (Phi) is 7.63. The van der Waals surface area contributed by atoms with Crippen LogP contribution in [0.4, 0.5) is 10.5 Å². The number of para-hydroxylation sites is 1. The number of carbonyl (C=O) groups is 2. The Morgan fingerprint density at radius 1 is 1.33 bits per heavy atom. The van der Waals surface area contributed by atoms with E-state index in [9.17, 15) is 9.59 Å². The van der Waals surface area contributed by atoms with Crippen LogP contribution in [0.5, 0.6) is 0 Å². The lowest BCUT2D eigenvalue weighted by atomic mass is 10.2. The highest BCUT2D eigenvalue weighted by Crippen LogP contribution is 2.14. The predicted octanol–water partition coefficient (Wildman–Crippen LogP) is 1.73. The number of anilines is 1. The first-order valence-corrected chi connectivity index (χ1v) is 7.99. The molecule has 1 unspecified atom stereocenters. The maximum absolute atomic E-state index is 11.9. The smallest absolute Gasteiger partial charge is 0.326 e. The minimum atomic E-state index is -1.03. The molecule has 0 aromatic heterocycles. The molecule has 0 aliphatic rings. The Balaban J connectivity index is 2.65. The summed E-state index contributed by atoms with van der Waals surface area (Å²) in [5.41, 5.74) is 1.60. The summed E-state index contributed by atoms with van der Waals surface area (Å²) in [6.45, 7) is 0.616. The van der Waals surface area contributed by atoms with Crippen LogP contribution in [0, 0.1) is 0 Å². The van der Waals surface area contributed by atoms with Crippen molar-refractivity contribution in [1.29, 1.82) is 0 Å². The molecule has 0 saturated carbocycles. The summed E-state index contributed by atoms with van der Waals surface area (Å²) in [5, 5.41) is 17.3. The third kappa shape index (κ3) is 6.05. The van der Waals surface area contributed by atoms with Crippen molar-refractivity contribution in [3.63, 3.8) is 0 Å². The molecule has 1 aromatic rings. The van der Waals surface area contributed by atoms with Gasteiger partial charge in [-0.2, -0.15) is 11.8 Å². The van der Waals surface area contributed by atoms with Gasteiger partial charge in [-0.15, -0.1) is 0 Å². The monoisotopic (exact) mass is 311 g/mol. The molecule has 0 fully saturated rings. The van der Waals surface area contributed by atoms with Gasteiger partial charge in [0.25, 0.3) is 0 Å². The van der Waals surface area contributed by atoms with Crippen LogP contribution < -0.4 is 16.0 Å². The number of aliphatic carboxylic acids is 1. The van der Waals surface area contributed by atoms with E-state index in [-0.39, 0.29) is 0 Å². The van der Waals surface area contributed by atoms with E-state index in [2.05, 4.69) is 16.0 Å². The molecular formula is C14H21N3O3S. The number of carboxylic acid groups (broad SMARTS) is 1. The van der Waals surface area contributed by atoms with E-state index in [0.29, 0.717) is 24.4 Å². The van der Waals surface area contributed by atoms with E-state index < -0.39 is 18.0 Å². The third-order valence-corrected chi connectivity index (χ3v) is 3.49. The molecule has 0 radical (unpaired) electrons. The van der Waals surface area contributed by atoms with Gasteiger partial charge in [0.15, 0.2) is 0 Å². The van der Waals surface area contributed by atoms with Crippen LogP contribution in [0.25, 0.3) is 0 Å². The average molecular weight is 311 g/mol. The molecule has 1 atom stereocenters. The summed E-state index contributed by atoms with van der Waals surface area (Å²) in [6.07, 6.45) is 2.29. The Morgan fingerprint density at radius 2 is 2.05 bits per heavy atom. The maximum atomic E-state index is 11.9.